The first-order valence-electron chi connectivity index (χ1n) is 7.19. The first-order chi connectivity index (χ1) is 11.0. The molecule has 0 saturated heterocycles. The van der Waals surface area contributed by atoms with E-state index in [9.17, 15) is 14.7 Å². The smallest absolute Gasteiger partial charge is 0.329 e. The minimum Gasteiger partial charge on any atom is -0.496 e. The maximum atomic E-state index is 12.5. The van der Waals surface area contributed by atoms with Crippen LogP contribution in [0.25, 0.3) is 0 Å². The lowest BCUT2D eigenvalue weighted by Gasteiger charge is -2.26. The summed E-state index contributed by atoms with van der Waals surface area (Å²) in [5.74, 6) is -1.18. The van der Waals surface area contributed by atoms with Gasteiger partial charge in [-0.1, -0.05) is 42.5 Å². The van der Waals surface area contributed by atoms with Crippen LogP contribution in [0.4, 0.5) is 0 Å². The standard InChI is InChI=1S/C18H19NO4/c1-18(17(21)22,12-13-8-4-3-5-9-13)19-16(20)14-10-6-7-11-15(14)23-2/h3-11H,12H2,1-2H3,(H,19,20)(H,21,22). The maximum absolute atomic E-state index is 12.5. The van der Waals surface area contributed by atoms with Crippen molar-refractivity contribution in [2.75, 3.05) is 7.11 Å². The molecule has 2 aromatic rings. The van der Waals surface area contributed by atoms with Gasteiger partial charge in [-0.15, -0.1) is 0 Å². The van der Waals surface area contributed by atoms with Gasteiger partial charge in [0.05, 0.1) is 12.7 Å². The highest BCUT2D eigenvalue weighted by molar-refractivity contribution is 6.00. The van der Waals surface area contributed by atoms with Gasteiger partial charge in [0.1, 0.15) is 11.3 Å². The fourth-order valence-corrected chi connectivity index (χ4v) is 2.33. The first kappa shape index (κ1) is 16.5. The van der Waals surface area contributed by atoms with E-state index in [2.05, 4.69) is 5.32 Å². The molecule has 0 fully saturated rings. The Morgan fingerprint density at radius 1 is 1.09 bits per heavy atom. The molecule has 120 valence electrons. The molecular formula is C18H19NO4. The van der Waals surface area contributed by atoms with Gasteiger partial charge in [0.25, 0.3) is 5.91 Å². The van der Waals surface area contributed by atoms with Gasteiger partial charge in [-0.05, 0) is 24.6 Å². The maximum Gasteiger partial charge on any atom is 0.329 e. The number of rotatable bonds is 6. The number of amides is 1. The molecule has 1 unspecified atom stereocenters. The van der Waals surface area contributed by atoms with Crippen LogP contribution in [-0.4, -0.2) is 29.6 Å². The lowest BCUT2D eigenvalue weighted by molar-refractivity contribution is -0.143. The van der Waals surface area contributed by atoms with Crippen LogP contribution in [0.1, 0.15) is 22.8 Å². The Kier molecular flexibility index (Phi) is 5.01. The second kappa shape index (κ2) is 6.96. The van der Waals surface area contributed by atoms with Gasteiger partial charge in [0.15, 0.2) is 0 Å². The van der Waals surface area contributed by atoms with Gasteiger partial charge in [-0.25, -0.2) is 4.79 Å². The van der Waals surface area contributed by atoms with E-state index in [0.29, 0.717) is 11.3 Å². The molecule has 0 radical (unpaired) electrons. The molecule has 2 aromatic carbocycles. The minimum absolute atomic E-state index is 0.185. The number of carbonyl (C=O) groups is 2. The molecule has 0 aliphatic rings. The van der Waals surface area contributed by atoms with Gasteiger partial charge in [0.2, 0.25) is 0 Å². The van der Waals surface area contributed by atoms with E-state index in [1.165, 1.54) is 14.0 Å². The molecule has 0 aliphatic heterocycles. The van der Waals surface area contributed by atoms with E-state index in [4.69, 9.17) is 4.74 Å². The Labute approximate surface area is 134 Å². The summed E-state index contributed by atoms with van der Waals surface area (Å²) in [6.45, 7) is 1.50. The summed E-state index contributed by atoms with van der Waals surface area (Å²) in [5.41, 5.74) is -0.285. The third-order valence-corrected chi connectivity index (χ3v) is 3.61. The molecule has 0 bridgehead atoms. The number of hydrogen-bond donors (Lipinski definition) is 2. The normalized spacial score (nSPS) is 13.0. The summed E-state index contributed by atoms with van der Waals surface area (Å²) in [7, 11) is 1.46. The van der Waals surface area contributed by atoms with Crippen molar-refractivity contribution in [1.82, 2.24) is 5.32 Å². The Balaban J connectivity index is 2.25. The van der Waals surface area contributed by atoms with Gasteiger partial charge in [-0.2, -0.15) is 0 Å². The quantitative estimate of drug-likeness (QED) is 0.859. The van der Waals surface area contributed by atoms with E-state index in [1.807, 2.05) is 30.3 Å². The zero-order chi connectivity index (χ0) is 16.9. The van der Waals surface area contributed by atoms with E-state index in [1.54, 1.807) is 24.3 Å². The molecule has 5 heteroatoms. The van der Waals surface area contributed by atoms with Crippen molar-refractivity contribution in [3.8, 4) is 5.75 Å². The van der Waals surface area contributed by atoms with Crippen LogP contribution in [0.2, 0.25) is 0 Å². The lowest BCUT2D eigenvalue weighted by Crippen LogP contribution is -2.53. The van der Waals surface area contributed by atoms with Gasteiger partial charge in [-0.3, -0.25) is 4.79 Å². The first-order valence-corrected chi connectivity index (χ1v) is 7.19. The fraction of sp³-hybridized carbons (Fsp3) is 0.222. The number of ether oxygens (including phenoxy) is 1. The van der Waals surface area contributed by atoms with Crippen LogP contribution >= 0.6 is 0 Å². The number of methoxy groups -OCH3 is 1. The number of carboxylic acid groups (broad SMARTS) is 1. The summed E-state index contributed by atoms with van der Waals surface area (Å²) >= 11 is 0. The molecule has 1 atom stereocenters. The number of nitrogens with one attached hydrogen (secondary N) is 1. The monoisotopic (exact) mass is 313 g/mol. The number of hydrogen-bond acceptors (Lipinski definition) is 3. The number of carboxylic acids is 1. The predicted molar refractivity (Wildman–Crippen MR) is 86.6 cm³/mol. The van der Waals surface area contributed by atoms with Crippen molar-refractivity contribution in [2.24, 2.45) is 0 Å². The number of benzene rings is 2. The minimum atomic E-state index is -1.42. The SMILES string of the molecule is COc1ccccc1C(=O)NC(C)(Cc1ccccc1)C(=O)O. The Morgan fingerprint density at radius 2 is 1.70 bits per heavy atom. The van der Waals surface area contributed by atoms with Gasteiger partial charge >= 0.3 is 5.97 Å². The number of aliphatic carboxylic acids is 1. The van der Waals surface area contributed by atoms with Crippen LogP contribution < -0.4 is 10.1 Å². The molecule has 0 saturated carbocycles. The van der Waals surface area contributed by atoms with E-state index in [-0.39, 0.29) is 6.42 Å². The molecule has 0 aromatic heterocycles. The molecule has 2 rings (SSSR count). The Morgan fingerprint density at radius 3 is 2.30 bits per heavy atom. The molecule has 0 heterocycles. The van der Waals surface area contributed by atoms with Crippen molar-refractivity contribution >= 4 is 11.9 Å². The highest BCUT2D eigenvalue weighted by atomic mass is 16.5. The van der Waals surface area contributed by atoms with Crippen molar-refractivity contribution in [3.05, 3.63) is 65.7 Å². The van der Waals surface area contributed by atoms with E-state index < -0.39 is 17.4 Å². The van der Waals surface area contributed by atoms with Crippen molar-refractivity contribution < 1.29 is 19.4 Å². The van der Waals surface area contributed by atoms with Crippen LogP contribution in [-0.2, 0) is 11.2 Å². The van der Waals surface area contributed by atoms with Crippen LogP contribution in [0.15, 0.2) is 54.6 Å². The van der Waals surface area contributed by atoms with Crippen molar-refractivity contribution in [2.45, 2.75) is 18.9 Å². The van der Waals surface area contributed by atoms with Crippen LogP contribution in [0.3, 0.4) is 0 Å². The lowest BCUT2D eigenvalue weighted by atomic mass is 9.92. The highest BCUT2D eigenvalue weighted by Gasteiger charge is 2.35. The molecule has 0 aliphatic carbocycles. The molecule has 0 spiro atoms. The largest absolute Gasteiger partial charge is 0.496 e. The van der Waals surface area contributed by atoms with Crippen LogP contribution in [0, 0.1) is 0 Å². The molecule has 23 heavy (non-hydrogen) atoms. The molecule has 2 N–H and O–H groups in total. The van der Waals surface area contributed by atoms with Crippen molar-refractivity contribution in [1.29, 1.82) is 0 Å². The number of carbonyl (C=O) groups excluding carboxylic acids is 1. The van der Waals surface area contributed by atoms with Crippen LogP contribution in [0.5, 0.6) is 5.75 Å². The fourth-order valence-electron chi connectivity index (χ4n) is 2.33. The second-order valence-electron chi connectivity index (χ2n) is 5.45. The van der Waals surface area contributed by atoms with E-state index >= 15 is 0 Å². The average molecular weight is 313 g/mol. The molecular weight excluding hydrogens is 294 g/mol. The summed E-state index contributed by atoms with van der Waals surface area (Å²) < 4.78 is 5.15. The average Bonchev–Trinajstić information content (AvgIpc) is 2.55. The summed E-state index contributed by atoms with van der Waals surface area (Å²) in [5, 5.41) is 12.2. The Hall–Kier alpha value is -2.82. The van der Waals surface area contributed by atoms with Gasteiger partial charge in [0, 0.05) is 6.42 Å². The third kappa shape index (κ3) is 3.88. The predicted octanol–water partition coefficient (Wildman–Crippen LogP) is 2.51. The zero-order valence-electron chi connectivity index (χ0n) is 13.1. The Bertz CT molecular complexity index is 699. The summed E-state index contributed by atoms with van der Waals surface area (Å²) in [6.07, 6.45) is 0.185. The third-order valence-electron chi connectivity index (χ3n) is 3.61. The topological polar surface area (TPSA) is 75.6 Å². The van der Waals surface area contributed by atoms with Crippen molar-refractivity contribution in [3.63, 3.8) is 0 Å². The molecule has 5 nitrogen and oxygen atoms in total. The second-order valence-corrected chi connectivity index (χ2v) is 5.45. The summed E-state index contributed by atoms with van der Waals surface area (Å²) in [4.78, 5) is 24.2. The van der Waals surface area contributed by atoms with E-state index in [0.717, 1.165) is 5.56 Å². The highest BCUT2D eigenvalue weighted by Crippen LogP contribution is 2.20. The molecule has 1 amide bonds. The van der Waals surface area contributed by atoms with Gasteiger partial charge < -0.3 is 15.2 Å². The number of para-hydroxylation sites is 1. The zero-order valence-corrected chi connectivity index (χ0v) is 13.1. The summed E-state index contributed by atoms with van der Waals surface area (Å²) in [6, 6.07) is 15.9.